The number of rotatable bonds is 6. The van der Waals surface area contributed by atoms with E-state index in [-0.39, 0.29) is 30.5 Å². The summed E-state index contributed by atoms with van der Waals surface area (Å²) < 4.78 is 24.6. The van der Waals surface area contributed by atoms with Crippen LogP contribution < -0.4 is 15.2 Å². The van der Waals surface area contributed by atoms with E-state index >= 15 is 0 Å². The molecule has 1 heterocycles. The van der Waals surface area contributed by atoms with E-state index in [4.69, 9.17) is 25.4 Å². The van der Waals surface area contributed by atoms with Gasteiger partial charge >= 0.3 is 5.97 Å². The van der Waals surface area contributed by atoms with E-state index in [0.717, 1.165) is 58.2 Å². The van der Waals surface area contributed by atoms with Crippen LogP contribution in [0.3, 0.4) is 0 Å². The van der Waals surface area contributed by atoms with Crippen molar-refractivity contribution in [1.82, 2.24) is 0 Å². The van der Waals surface area contributed by atoms with Crippen LogP contribution in [0.5, 0.6) is 17.2 Å². The molecule has 1 amide bonds. The van der Waals surface area contributed by atoms with Crippen LogP contribution in [-0.2, 0) is 22.4 Å². The van der Waals surface area contributed by atoms with Crippen LogP contribution in [0.2, 0.25) is 0 Å². The number of carbonyl (C=O) groups excluding carboxylic acids is 1. The van der Waals surface area contributed by atoms with E-state index < -0.39 is 11.9 Å². The quantitative estimate of drug-likeness (QED) is 0.441. The predicted octanol–water partition coefficient (Wildman–Crippen LogP) is 4.81. The molecule has 3 aromatic carbocycles. The summed E-state index contributed by atoms with van der Waals surface area (Å²) in [7, 11) is 0. The molecule has 5 rings (SSSR count). The fourth-order valence-corrected chi connectivity index (χ4v) is 5.13. The van der Waals surface area contributed by atoms with E-state index in [1.54, 1.807) is 18.2 Å². The standard InChI is InChI=1S/C19H20FNO2.C10H10O4/c1-11-8-13(23-10-18(21)22)9-12(2)19(11)16-6-7-17(20)15-5-3-4-14(15)16;11-7-1-2-8-6(3-10(12)13)5-14-9(8)4-7/h6-9H,3-5,10H2,1-2H3,(H2,21,22);1-2,4,6,11H,3,5H2,(H,12,13). The predicted molar refractivity (Wildman–Crippen MR) is 137 cm³/mol. The second-order valence-corrected chi connectivity index (χ2v) is 9.42. The number of amides is 1. The van der Waals surface area contributed by atoms with Crippen LogP contribution in [0.15, 0.2) is 42.5 Å². The highest BCUT2D eigenvalue weighted by atomic mass is 19.1. The first-order valence-electron chi connectivity index (χ1n) is 12.1. The van der Waals surface area contributed by atoms with Crippen molar-refractivity contribution in [3.8, 4) is 28.4 Å². The Balaban J connectivity index is 0.000000195. The van der Waals surface area contributed by atoms with Crippen molar-refractivity contribution in [2.24, 2.45) is 5.73 Å². The summed E-state index contributed by atoms with van der Waals surface area (Å²) in [6.07, 6.45) is 2.80. The SMILES string of the molecule is Cc1cc(OCC(N)=O)cc(C)c1-c1ccc(F)c2c1CCC2.O=C(O)CC1COc2cc(O)ccc21. The number of fused-ring (bicyclic) bond motifs is 2. The van der Waals surface area contributed by atoms with Crippen molar-refractivity contribution in [3.63, 3.8) is 0 Å². The molecule has 0 bridgehead atoms. The third kappa shape index (κ3) is 5.85. The Kier molecular flexibility index (Phi) is 7.66. The molecule has 0 radical (unpaired) electrons. The van der Waals surface area contributed by atoms with Gasteiger partial charge in [-0.25, -0.2) is 4.39 Å². The summed E-state index contributed by atoms with van der Waals surface area (Å²) in [5, 5.41) is 17.8. The highest BCUT2D eigenvalue weighted by molar-refractivity contribution is 5.77. The molecule has 37 heavy (non-hydrogen) atoms. The molecule has 0 saturated heterocycles. The minimum Gasteiger partial charge on any atom is -0.508 e. The van der Waals surface area contributed by atoms with Crippen LogP contribution >= 0.6 is 0 Å². The van der Waals surface area contributed by atoms with Gasteiger partial charge in [0.15, 0.2) is 6.61 Å². The number of phenols is 1. The number of ether oxygens (including phenoxy) is 2. The summed E-state index contributed by atoms with van der Waals surface area (Å²) >= 11 is 0. The first kappa shape index (κ1) is 26.0. The topological polar surface area (TPSA) is 119 Å². The molecule has 0 aromatic heterocycles. The number of benzene rings is 3. The molecule has 7 nitrogen and oxygen atoms in total. The Morgan fingerprint density at radius 2 is 1.78 bits per heavy atom. The normalized spacial score (nSPS) is 15.2. The molecular formula is C29H30FNO6. The maximum absolute atomic E-state index is 14.0. The van der Waals surface area contributed by atoms with Crippen LogP contribution in [0.25, 0.3) is 11.1 Å². The summed E-state index contributed by atoms with van der Waals surface area (Å²) in [6, 6.07) is 12.0. The fourth-order valence-electron chi connectivity index (χ4n) is 5.13. The number of phenolic OH excluding ortho intramolecular Hbond substituents is 1. The lowest BCUT2D eigenvalue weighted by Crippen LogP contribution is -2.20. The van der Waals surface area contributed by atoms with Gasteiger partial charge in [0.05, 0.1) is 13.0 Å². The highest BCUT2D eigenvalue weighted by Gasteiger charge is 2.26. The van der Waals surface area contributed by atoms with Gasteiger partial charge in [-0.2, -0.15) is 0 Å². The lowest BCUT2D eigenvalue weighted by molar-refractivity contribution is -0.137. The van der Waals surface area contributed by atoms with Crippen molar-refractivity contribution in [2.75, 3.05) is 13.2 Å². The number of aryl methyl sites for hydroxylation is 2. The summed E-state index contributed by atoms with van der Waals surface area (Å²) in [4.78, 5) is 21.4. The number of hydrogen-bond donors (Lipinski definition) is 3. The molecule has 3 aromatic rings. The number of carbonyl (C=O) groups is 2. The molecule has 0 fully saturated rings. The largest absolute Gasteiger partial charge is 0.508 e. The fraction of sp³-hybridized carbons (Fsp3) is 0.310. The molecule has 1 aliphatic carbocycles. The van der Waals surface area contributed by atoms with E-state index in [1.807, 2.05) is 32.0 Å². The van der Waals surface area contributed by atoms with Gasteiger partial charge in [-0.15, -0.1) is 0 Å². The van der Waals surface area contributed by atoms with Crippen LogP contribution in [0, 0.1) is 19.7 Å². The number of aromatic hydroxyl groups is 1. The number of carboxylic acid groups (broad SMARTS) is 1. The summed E-state index contributed by atoms with van der Waals surface area (Å²) in [5.41, 5.74) is 12.3. The Morgan fingerprint density at radius 3 is 2.46 bits per heavy atom. The zero-order valence-corrected chi connectivity index (χ0v) is 20.8. The van der Waals surface area contributed by atoms with Gasteiger partial charge in [-0.3, -0.25) is 9.59 Å². The second-order valence-electron chi connectivity index (χ2n) is 9.42. The molecule has 0 saturated carbocycles. The Hall–Kier alpha value is -4.07. The third-order valence-electron chi connectivity index (χ3n) is 6.68. The Labute approximate surface area is 214 Å². The van der Waals surface area contributed by atoms with Crippen LogP contribution in [0.4, 0.5) is 4.39 Å². The van der Waals surface area contributed by atoms with Gasteiger partial charge < -0.3 is 25.4 Å². The Morgan fingerprint density at radius 1 is 1.08 bits per heavy atom. The van der Waals surface area contributed by atoms with Gasteiger partial charge in [-0.05, 0) is 90.8 Å². The minimum absolute atomic E-state index is 0.0672. The maximum Gasteiger partial charge on any atom is 0.304 e. The average molecular weight is 508 g/mol. The van der Waals surface area contributed by atoms with E-state index in [1.165, 1.54) is 6.07 Å². The molecule has 4 N–H and O–H groups in total. The number of halogens is 1. The minimum atomic E-state index is -0.834. The maximum atomic E-state index is 14.0. The third-order valence-corrected chi connectivity index (χ3v) is 6.68. The second kappa shape index (κ2) is 10.9. The van der Waals surface area contributed by atoms with Gasteiger partial charge in [0.1, 0.15) is 23.1 Å². The number of hydrogen-bond acceptors (Lipinski definition) is 5. The molecule has 2 aliphatic rings. The zero-order valence-electron chi connectivity index (χ0n) is 20.8. The molecular weight excluding hydrogens is 477 g/mol. The lowest BCUT2D eigenvalue weighted by Gasteiger charge is -2.16. The summed E-state index contributed by atoms with van der Waals surface area (Å²) in [6.45, 7) is 4.25. The molecule has 8 heteroatoms. The van der Waals surface area contributed by atoms with E-state index in [0.29, 0.717) is 18.1 Å². The van der Waals surface area contributed by atoms with Crippen LogP contribution in [0.1, 0.15) is 46.6 Å². The van der Waals surface area contributed by atoms with Gasteiger partial charge in [0.25, 0.3) is 5.91 Å². The molecule has 1 unspecified atom stereocenters. The highest BCUT2D eigenvalue weighted by Crippen LogP contribution is 2.39. The van der Waals surface area contributed by atoms with Crippen molar-refractivity contribution >= 4 is 11.9 Å². The lowest BCUT2D eigenvalue weighted by atomic mass is 9.90. The summed E-state index contributed by atoms with van der Waals surface area (Å²) in [5.74, 6) is -0.168. The average Bonchev–Trinajstić information content (AvgIpc) is 3.47. The van der Waals surface area contributed by atoms with E-state index in [2.05, 4.69) is 0 Å². The first-order chi connectivity index (χ1) is 17.6. The van der Waals surface area contributed by atoms with Crippen LogP contribution in [-0.4, -0.2) is 35.3 Å². The number of carboxylic acids is 1. The van der Waals surface area contributed by atoms with Gasteiger partial charge in [-0.1, -0.05) is 12.1 Å². The van der Waals surface area contributed by atoms with Gasteiger partial charge in [0, 0.05) is 17.5 Å². The number of aliphatic carboxylic acids is 1. The van der Waals surface area contributed by atoms with Crippen molar-refractivity contribution in [2.45, 2.75) is 45.4 Å². The molecule has 1 atom stereocenters. The smallest absolute Gasteiger partial charge is 0.304 e. The monoisotopic (exact) mass is 507 g/mol. The van der Waals surface area contributed by atoms with Crippen molar-refractivity contribution in [1.29, 1.82) is 0 Å². The Bertz CT molecular complexity index is 1330. The molecule has 1 aliphatic heterocycles. The first-order valence-corrected chi connectivity index (χ1v) is 12.1. The van der Waals surface area contributed by atoms with Gasteiger partial charge in [0.2, 0.25) is 0 Å². The van der Waals surface area contributed by atoms with Crippen molar-refractivity contribution in [3.05, 3.63) is 76.1 Å². The molecule has 0 spiro atoms. The number of primary amides is 1. The van der Waals surface area contributed by atoms with Crippen molar-refractivity contribution < 1.29 is 33.7 Å². The zero-order chi connectivity index (χ0) is 26.7. The van der Waals surface area contributed by atoms with E-state index in [9.17, 15) is 14.0 Å². The molecule has 194 valence electrons. The number of nitrogens with two attached hydrogens (primary N) is 1.